The van der Waals surface area contributed by atoms with Crippen molar-refractivity contribution in [2.24, 2.45) is 0 Å². The quantitative estimate of drug-likeness (QED) is 0.490. The molecule has 1 atom stereocenters. The molecule has 4 nitrogen and oxygen atoms in total. The van der Waals surface area contributed by atoms with E-state index >= 15 is 0 Å². The van der Waals surface area contributed by atoms with Crippen molar-refractivity contribution in [1.29, 1.82) is 0 Å². The second-order valence-electron chi connectivity index (χ2n) is 7.51. The number of para-hydroxylation sites is 1. The summed E-state index contributed by atoms with van der Waals surface area (Å²) in [6.45, 7) is 2.61. The fourth-order valence-corrected chi connectivity index (χ4v) is 4.54. The standard InChI is InChI=1S/C25H22FNO3S/c1-17-5-4-6-19(13-17)16-30-22-8-3-2-7-20(22)14-23-24(28)27(25(29)31-23)15-18-9-11-21(26)12-10-18/h2-13,23H,14-16H2,1H3/t23-/m1/s1. The van der Waals surface area contributed by atoms with Crippen LogP contribution in [0.2, 0.25) is 0 Å². The van der Waals surface area contributed by atoms with Crippen molar-refractivity contribution < 1.29 is 18.7 Å². The Morgan fingerprint density at radius 3 is 2.52 bits per heavy atom. The second-order valence-corrected chi connectivity index (χ2v) is 8.67. The van der Waals surface area contributed by atoms with Crippen molar-refractivity contribution >= 4 is 22.9 Å². The lowest BCUT2D eigenvalue weighted by atomic mass is 10.1. The summed E-state index contributed by atoms with van der Waals surface area (Å²) in [5, 5.41) is -0.783. The highest BCUT2D eigenvalue weighted by Crippen LogP contribution is 2.33. The topological polar surface area (TPSA) is 46.6 Å². The highest BCUT2D eigenvalue weighted by atomic mass is 32.2. The molecule has 1 fully saturated rings. The highest BCUT2D eigenvalue weighted by molar-refractivity contribution is 8.15. The van der Waals surface area contributed by atoms with E-state index in [2.05, 4.69) is 6.07 Å². The zero-order chi connectivity index (χ0) is 21.8. The van der Waals surface area contributed by atoms with E-state index in [1.54, 1.807) is 12.1 Å². The number of halogens is 1. The van der Waals surface area contributed by atoms with Crippen LogP contribution in [0.25, 0.3) is 0 Å². The van der Waals surface area contributed by atoms with Crippen molar-refractivity contribution in [3.63, 3.8) is 0 Å². The largest absolute Gasteiger partial charge is 0.489 e. The summed E-state index contributed by atoms with van der Waals surface area (Å²) in [6, 6.07) is 21.5. The Balaban J connectivity index is 1.43. The van der Waals surface area contributed by atoms with Crippen molar-refractivity contribution in [3.8, 4) is 5.75 Å². The Kier molecular flexibility index (Phi) is 6.37. The number of carbonyl (C=O) groups excluding carboxylic acids is 2. The SMILES string of the molecule is Cc1cccc(COc2ccccc2C[C@H]2SC(=O)N(Cc3ccc(F)cc3)C2=O)c1. The normalized spacial score (nSPS) is 16.1. The number of amides is 2. The van der Waals surface area contributed by atoms with Gasteiger partial charge >= 0.3 is 0 Å². The molecule has 1 saturated heterocycles. The van der Waals surface area contributed by atoms with Crippen LogP contribution in [0, 0.1) is 12.7 Å². The molecule has 158 valence electrons. The molecular formula is C25H22FNO3S. The Bertz CT molecular complexity index is 1100. The number of nitrogens with zero attached hydrogens (tertiary/aromatic N) is 1. The Labute approximate surface area is 185 Å². The summed E-state index contributed by atoms with van der Waals surface area (Å²) >= 11 is 1.03. The summed E-state index contributed by atoms with van der Waals surface area (Å²) in [6.07, 6.45) is 0.402. The van der Waals surface area contributed by atoms with Crippen LogP contribution in [-0.4, -0.2) is 21.3 Å². The molecule has 1 heterocycles. The Morgan fingerprint density at radius 1 is 0.968 bits per heavy atom. The van der Waals surface area contributed by atoms with E-state index < -0.39 is 5.25 Å². The lowest BCUT2D eigenvalue weighted by Crippen LogP contribution is -2.31. The monoisotopic (exact) mass is 435 g/mol. The van der Waals surface area contributed by atoms with Crippen LogP contribution in [0.4, 0.5) is 9.18 Å². The first kappa shape index (κ1) is 21.1. The lowest BCUT2D eigenvalue weighted by Gasteiger charge is -2.15. The number of benzene rings is 3. The van der Waals surface area contributed by atoms with Gasteiger partial charge in [-0.3, -0.25) is 14.5 Å². The van der Waals surface area contributed by atoms with Gasteiger partial charge in [0.2, 0.25) is 5.91 Å². The molecule has 0 bridgehead atoms. The van der Waals surface area contributed by atoms with Gasteiger partial charge in [0, 0.05) is 0 Å². The molecule has 0 aliphatic carbocycles. The number of aryl methyl sites for hydroxylation is 1. The van der Waals surface area contributed by atoms with Crippen LogP contribution in [0.1, 0.15) is 22.3 Å². The molecular weight excluding hydrogens is 413 g/mol. The van der Waals surface area contributed by atoms with Crippen molar-refractivity contribution in [3.05, 3.63) is 101 Å². The van der Waals surface area contributed by atoms with E-state index in [4.69, 9.17) is 4.74 Å². The number of imide groups is 1. The maximum atomic E-state index is 13.1. The molecule has 31 heavy (non-hydrogen) atoms. The fraction of sp³-hybridized carbons (Fsp3) is 0.200. The summed E-state index contributed by atoms with van der Waals surface area (Å²) in [5.41, 5.74) is 3.84. The smallest absolute Gasteiger partial charge is 0.289 e. The molecule has 0 unspecified atom stereocenters. The number of rotatable bonds is 7. The first-order valence-electron chi connectivity index (χ1n) is 10.0. The van der Waals surface area contributed by atoms with Gasteiger partial charge in [0.25, 0.3) is 5.24 Å². The first-order valence-corrected chi connectivity index (χ1v) is 10.9. The minimum atomic E-state index is -0.503. The van der Waals surface area contributed by atoms with Gasteiger partial charge in [-0.25, -0.2) is 4.39 Å². The molecule has 3 aromatic rings. The van der Waals surface area contributed by atoms with Gasteiger partial charge < -0.3 is 4.74 Å². The molecule has 2 amide bonds. The summed E-state index contributed by atoms with van der Waals surface area (Å²) in [4.78, 5) is 26.6. The van der Waals surface area contributed by atoms with Crippen LogP contribution in [-0.2, 0) is 24.4 Å². The van der Waals surface area contributed by atoms with Gasteiger partial charge in [0.15, 0.2) is 0 Å². The second kappa shape index (κ2) is 9.35. The van der Waals surface area contributed by atoms with Crippen molar-refractivity contribution in [2.45, 2.75) is 31.7 Å². The minimum absolute atomic E-state index is 0.146. The third-order valence-electron chi connectivity index (χ3n) is 5.11. The third kappa shape index (κ3) is 5.14. The molecule has 1 aliphatic heterocycles. The summed E-state index contributed by atoms with van der Waals surface area (Å²) in [5.74, 6) is 0.131. The highest BCUT2D eigenvalue weighted by Gasteiger charge is 2.39. The van der Waals surface area contributed by atoms with Crippen molar-refractivity contribution in [2.75, 3.05) is 0 Å². The number of hydrogen-bond donors (Lipinski definition) is 0. The van der Waals surface area contributed by atoms with Gasteiger partial charge in [0.05, 0.1) is 11.8 Å². The van der Waals surface area contributed by atoms with E-state index in [-0.39, 0.29) is 23.5 Å². The number of hydrogen-bond acceptors (Lipinski definition) is 4. The van der Waals surface area contributed by atoms with Crippen LogP contribution in [0.15, 0.2) is 72.8 Å². The predicted molar refractivity (Wildman–Crippen MR) is 119 cm³/mol. The molecule has 6 heteroatoms. The van der Waals surface area contributed by atoms with Crippen LogP contribution >= 0.6 is 11.8 Å². The number of carbonyl (C=O) groups is 2. The third-order valence-corrected chi connectivity index (χ3v) is 6.19. The van der Waals surface area contributed by atoms with Gasteiger partial charge in [-0.15, -0.1) is 0 Å². The summed E-state index contributed by atoms with van der Waals surface area (Å²) in [7, 11) is 0. The van der Waals surface area contributed by atoms with E-state index in [0.717, 1.165) is 22.9 Å². The molecule has 4 rings (SSSR count). The molecule has 1 aliphatic rings. The number of ether oxygens (including phenoxy) is 1. The molecule has 0 saturated carbocycles. The average molecular weight is 436 g/mol. The Hall–Kier alpha value is -3.12. The molecule has 0 spiro atoms. The lowest BCUT2D eigenvalue weighted by molar-refractivity contribution is -0.127. The zero-order valence-corrected chi connectivity index (χ0v) is 17.9. The van der Waals surface area contributed by atoms with E-state index in [0.29, 0.717) is 24.3 Å². The molecule has 0 radical (unpaired) electrons. The van der Waals surface area contributed by atoms with E-state index in [9.17, 15) is 14.0 Å². The van der Waals surface area contributed by atoms with Gasteiger partial charge in [0.1, 0.15) is 18.2 Å². The van der Waals surface area contributed by atoms with Crippen LogP contribution < -0.4 is 4.74 Å². The van der Waals surface area contributed by atoms with Gasteiger partial charge in [-0.2, -0.15) is 0 Å². The molecule has 0 N–H and O–H groups in total. The average Bonchev–Trinajstić information content (AvgIpc) is 3.02. The minimum Gasteiger partial charge on any atom is -0.489 e. The van der Waals surface area contributed by atoms with Gasteiger partial charge in [-0.1, -0.05) is 71.9 Å². The predicted octanol–water partition coefficient (Wildman–Crippen LogP) is 5.52. The van der Waals surface area contributed by atoms with E-state index in [1.165, 1.54) is 22.6 Å². The number of thioether (sulfide) groups is 1. The van der Waals surface area contributed by atoms with Crippen molar-refractivity contribution in [1.82, 2.24) is 4.90 Å². The van der Waals surface area contributed by atoms with Crippen LogP contribution in [0.5, 0.6) is 5.75 Å². The van der Waals surface area contributed by atoms with E-state index in [1.807, 2.05) is 49.4 Å². The summed E-state index contributed by atoms with van der Waals surface area (Å²) < 4.78 is 19.2. The zero-order valence-electron chi connectivity index (χ0n) is 17.1. The van der Waals surface area contributed by atoms with Crippen LogP contribution in [0.3, 0.4) is 0 Å². The maximum Gasteiger partial charge on any atom is 0.289 e. The first-order chi connectivity index (χ1) is 15.0. The fourth-order valence-electron chi connectivity index (χ4n) is 3.52. The molecule has 0 aromatic heterocycles. The molecule has 3 aromatic carbocycles. The maximum absolute atomic E-state index is 13.1. The Morgan fingerprint density at radius 2 is 1.74 bits per heavy atom. The van der Waals surface area contributed by atoms with Gasteiger partial charge in [-0.05, 0) is 48.2 Å².